The number of hydrogen-bond donors (Lipinski definition) is 1. The number of aromatic nitrogens is 1. The number of halogens is 1. The third kappa shape index (κ3) is 1.97. The first kappa shape index (κ1) is 10.1. The van der Waals surface area contributed by atoms with Crippen LogP contribution in [-0.4, -0.2) is 11.5 Å². The summed E-state index contributed by atoms with van der Waals surface area (Å²) in [5.41, 5.74) is 8.32. The molecule has 2 nitrogen and oxygen atoms in total. The first-order valence-electron chi connectivity index (χ1n) is 4.96. The first-order chi connectivity index (χ1) is 7.20. The van der Waals surface area contributed by atoms with Crippen LogP contribution in [0.5, 0.6) is 0 Å². The summed E-state index contributed by atoms with van der Waals surface area (Å²) in [6, 6.07) is 6.62. The molecule has 1 heterocycles. The molecule has 0 unspecified atom stereocenters. The van der Waals surface area contributed by atoms with Gasteiger partial charge < -0.3 is 5.73 Å². The highest BCUT2D eigenvalue weighted by Gasteiger charge is 2.03. The lowest BCUT2D eigenvalue weighted by molar-refractivity contribution is 0.629. The standard InChI is InChI=1S/C12H13FN2/c1-8-6-10(4-5-14)15-12-3-2-9(13)7-11(8)12/h2-3,6-7H,4-5,14H2,1H3. The Labute approximate surface area is 87.9 Å². The Bertz CT molecular complexity index is 494. The highest BCUT2D eigenvalue weighted by atomic mass is 19.1. The number of hydrogen-bond acceptors (Lipinski definition) is 2. The number of pyridine rings is 1. The van der Waals surface area contributed by atoms with E-state index in [0.717, 1.165) is 28.6 Å². The number of aryl methyl sites for hydroxylation is 1. The van der Waals surface area contributed by atoms with Gasteiger partial charge in [0.15, 0.2) is 0 Å². The molecule has 2 aromatic rings. The summed E-state index contributed by atoms with van der Waals surface area (Å²) < 4.78 is 13.0. The molecule has 0 amide bonds. The van der Waals surface area contributed by atoms with Gasteiger partial charge in [-0.05, 0) is 43.3 Å². The van der Waals surface area contributed by atoms with Crippen molar-refractivity contribution in [2.45, 2.75) is 13.3 Å². The van der Waals surface area contributed by atoms with Gasteiger partial charge in [-0.15, -0.1) is 0 Å². The Kier molecular flexibility index (Phi) is 2.64. The second kappa shape index (κ2) is 3.95. The number of nitrogens with two attached hydrogens (primary N) is 1. The van der Waals surface area contributed by atoms with Gasteiger partial charge in [0.05, 0.1) is 5.52 Å². The van der Waals surface area contributed by atoms with E-state index in [4.69, 9.17) is 5.73 Å². The summed E-state index contributed by atoms with van der Waals surface area (Å²) >= 11 is 0. The maximum absolute atomic E-state index is 13.0. The quantitative estimate of drug-likeness (QED) is 0.814. The molecule has 0 saturated carbocycles. The number of benzene rings is 1. The zero-order valence-corrected chi connectivity index (χ0v) is 8.63. The van der Waals surface area contributed by atoms with Gasteiger partial charge in [-0.25, -0.2) is 4.39 Å². The van der Waals surface area contributed by atoms with Gasteiger partial charge in [0.1, 0.15) is 5.82 Å². The molecule has 0 fully saturated rings. The summed E-state index contributed by atoms with van der Waals surface area (Å²) in [5, 5.41) is 0.871. The molecule has 0 spiro atoms. The minimum absolute atomic E-state index is 0.223. The Balaban J connectivity index is 2.62. The van der Waals surface area contributed by atoms with E-state index in [1.165, 1.54) is 12.1 Å². The summed E-state index contributed by atoms with van der Waals surface area (Å²) in [4.78, 5) is 4.42. The van der Waals surface area contributed by atoms with E-state index < -0.39 is 0 Å². The lowest BCUT2D eigenvalue weighted by Gasteiger charge is -2.05. The molecule has 15 heavy (non-hydrogen) atoms. The number of fused-ring (bicyclic) bond motifs is 1. The van der Waals surface area contributed by atoms with Crippen LogP contribution < -0.4 is 5.73 Å². The lowest BCUT2D eigenvalue weighted by Crippen LogP contribution is -2.04. The van der Waals surface area contributed by atoms with Crippen LogP contribution in [0.4, 0.5) is 4.39 Å². The van der Waals surface area contributed by atoms with Gasteiger partial charge >= 0.3 is 0 Å². The summed E-state index contributed by atoms with van der Waals surface area (Å²) in [6.45, 7) is 2.54. The zero-order valence-electron chi connectivity index (χ0n) is 8.63. The van der Waals surface area contributed by atoms with Crippen molar-refractivity contribution in [3.8, 4) is 0 Å². The normalized spacial score (nSPS) is 10.9. The molecule has 0 aliphatic heterocycles. The minimum Gasteiger partial charge on any atom is -0.330 e. The van der Waals surface area contributed by atoms with Crippen molar-refractivity contribution in [3.63, 3.8) is 0 Å². The Hall–Kier alpha value is -1.48. The lowest BCUT2D eigenvalue weighted by atomic mass is 10.1. The van der Waals surface area contributed by atoms with Crippen LogP contribution in [-0.2, 0) is 6.42 Å². The predicted octanol–water partition coefficient (Wildman–Crippen LogP) is 2.18. The van der Waals surface area contributed by atoms with Crippen LogP contribution in [0.15, 0.2) is 24.3 Å². The molecule has 3 heteroatoms. The van der Waals surface area contributed by atoms with Crippen LogP contribution in [0.2, 0.25) is 0 Å². The molecule has 2 rings (SSSR count). The highest BCUT2D eigenvalue weighted by Crippen LogP contribution is 2.18. The fourth-order valence-electron chi connectivity index (χ4n) is 1.71. The average Bonchev–Trinajstić information content (AvgIpc) is 2.20. The van der Waals surface area contributed by atoms with Crippen LogP contribution in [0.1, 0.15) is 11.3 Å². The second-order valence-electron chi connectivity index (χ2n) is 3.63. The van der Waals surface area contributed by atoms with Crippen molar-refractivity contribution < 1.29 is 4.39 Å². The molecule has 1 aromatic carbocycles. The van der Waals surface area contributed by atoms with Crippen molar-refractivity contribution in [2.24, 2.45) is 5.73 Å². The largest absolute Gasteiger partial charge is 0.330 e. The SMILES string of the molecule is Cc1cc(CCN)nc2ccc(F)cc12. The molecule has 0 aliphatic carbocycles. The van der Waals surface area contributed by atoms with E-state index in [0.29, 0.717) is 6.54 Å². The molecular formula is C12H13FN2. The van der Waals surface area contributed by atoms with Crippen molar-refractivity contribution in [2.75, 3.05) is 6.54 Å². The van der Waals surface area contributed by atoms with E-state index in [2.05, 4.69) is 4.98 Å². The third-order valence-corrected chi connectivity index (χ3v) is 2.43. The van der Waals surface area contributed by atoms with E-state index in [-0.39, 0.29) is 5.82 Å². The summed E-state index contributed by atoms with van der Waals surface area (Å²) in [7, 11) is 0. The maximum Gasteiger partial charge on any atom is 0.123 e. The van der Waals surface area contributed by atoms with Gasteiger partial charge in [-0.1, -0.05) is 0 Å². The van der Waals surface area contributed by atoms with Crippen LogP contribution >= 0.6 is 0 Å². The molecular weight excluding hydrogens is 191 g/mol. The first-order valence-corrected chi connectivity index (χ1v) is 4.96. The van der Waals surface area contributed by atoms with Gasteiger partial charge in [-0.2, -0.15) is 0 Å². The Morgan fingerprint density at radius 1 is 1.33 bits per heavy atom. The van der Waals surface area contributed by atoms with Crippen molar-refractivity contribution in [1.82, 2.24) is 4.98 Å². The fourth-order valence-corrected chi connectivity index (χ4v) is 1.71. The van der Waals surface area contributed by atoms with E-state index >= 15 is 0 Å². The molecule has 78 valence electrons. The third-order valence-electron chi connectivity index (χ3n) is 2.43. The summed E-state index contributed by atoms with van der Waals surface area (Å²) in [6.07, 6.45) is 0.758. The van der Waals surface area contributed by atoms with Crippen LogP contribution in [0, 0.1) is 12.7 Å². The van der Waals surface area contributed by atoms with Crippen molar-refractivity contribution in [1.29, 1.82) is 0 Å². The Morgan fingerprint density at radius 2 is 2.13 bits per heavy atom. The Morgan fingerprint density at radius 3 is 2.87 bits per heavy atom. The maximum atomic E-state index is 13.0. The molecule has 0 bridgehead atoms. The van der Waals surface area contributed by atoms with Crippen LogP contribution in [0.25, 0.3) is 10.9 Å². The van der Waals surface area contributed by atoms with Crippen molar-refractivity contribution in [3.05, 3.63) is 41.3 Å². The van der Waals surface area contributed by atoms with Crippen LogP contribution in [0.3, 0.4) is 0 Å². The zero-order chi connectivity index (χ0) is 10.8. The van der Waals surface area contributed by atoms with Crippen molar-refractivity contribution >= 4 is 10.9 Å². The molecule has 0 saturated heterocycles. The molecule has 0 atom stereocenters. The minimum atomic E-state index is -0.223. The van der Waals surface area contributed by atoms with Gasteiger partial charge in [-0.3, -0.25) is 4.98 Å². The van der Waals surface area contributed by atoms with E-state index in [1.54, 1.807) is 6.07 Å². The molecule has 0 radical (unpaired) electrons. The van der Waals surface area contributed by atoms with E-state index in [9.17, 15) is 4.39 Å². The van der Waals surface area contributed by atoms with Gasteiger partial charge in [0.25, 0.3) is 0 Å². The van der Waals surface area contributed by atoms with Gasteiger partial charge in [0.2, 0.25) is 0 Å². The smallest absolute Gasteiger partial charge is 0.123 e. The highest BCUT2D eigenvalue weighted by molar-refractivity contribution is 5.82. The monoisotopic (exact) mass is 204 g/mol. The fraction of sp³-hybridized carbons (Fsp3) is 0.250. The second-order valence-corrected chi connectivity index (χ2v) is 3.63. The average molecular weight is 204 g/mol. The van der Waals surface area contributed by atoms with E-state index in [1.807, 2.05) is 13.0 Å². The molecule has 1 aromatic heterocycles. The summed E-state index contributed by atoms with van der Waals surface area (Å²) in [5.74, 6) is -0.223. The van der Waals surface area contributed by atoms with Gasteiger partial charge in [0, 0.05) is 17.5 Å². The number of nitrogens with zero attached hydrogens (tertiary/aromatic N) is 1. The number of rotatable bonds is 2. The molecule has 2 N–H and O–H groups in total. The molecule has 0 aliphatic rings. The predicted molar refractivity (Wildman–Crippen MR) is 59.2 cm³/mol. The topological polar surface area (TPSA) is 38.9 Å².